The Labute approximate surface area is 159 Å². The Hall–Kier alpha value is -0.890. The standard InChI is InChI=1S/C24H36O2/c1-5-6-15(2)18-7-8-19-17-14-22(26)21-13-16(25)9-11-24(21,4)20(17)10-12-23(18,19)3/h5-6,13,15,17-20,22,26H,7-12,14H2,1-4H3/b6-5+. The highest BCUT2D eigenvalue weighted by Crippen LogP contribution is 2.67. The SMILES string of the molecule is C/C=C/C(C)C1CCC2C3CC(O)C4=CC(=O)CCC4(C)C3CCC12C. The number of fused-ring (bicyclic) bond motifs is 5. The van der Waals surface area contributed by atoms with Crippen LogP contribution < -0.4 is 0 Å². The van der Waals surface area contributed by atoms with Gasteiger partial charge in [-0.05, 0) is 97.5 Å². The Kier molecular flexibility index (Phi) is 4.50. The summed E-state index contributed by atoms with van der Waals surface area (Å²) in [6, 6.07) is 0. The van der Waals surface area contributed by atoms with E-state index < -0.39 is 6.10 Å². The maximum absolute atomic E-state index is 12.0. The molecular formula is C24H36O2. The first-order valence-corrected chi connectivity index (χ1v) is 10.9. The predicted molar refractivity (Wildman–Crippen MR) is 106 cm³/mol. The van der Waals surface area contributed by atoms with Crippen LogP contribution in [0, 0.1) is 40.4 Å². The third kappa shape index (κ3) is 2.51. The average Bonchev–Trinajstić information content (AvgIpc) is 2.94. The second kappa shape index (κ2) is 6.33. The van der Waals surface area contributed by atoms with Crippen LogP contribution in [-0.2, 0) is 4.79 Å². The van der Waals surface area contributed by atoms with Gasteiger partial charge in [-0.25, -0.2) is 0 Å². The monoisotopic (exact) mass is 356 g/mol. The van der Waals surface area contributed by atoms with Gasteiger partial charge in [0.1, 0.15) is 0 Å². The number of aliphatic hydroxyl groups is 1. The molecule has 0 saturated heterocycles. The van der Waals surface area contributed by atoms with Crippen LogP contribution in [0.1, 0.15) is 72.6 Å². The lowest BCUT2D eigenvalue weighted by Gasteiger charge is -2.59. The molecule has 0 spiro atoms. The molecule has 144 valence electrons. The van der Waals surface area contributed by atoms with Crippen LogP contribution in [0.5, 0.6) is 0 Å². The van der Waals surface area contributed by atoms with Crippen LogP contribution >= 0.6 is 0 Å². The van der Waals surface area contributed by atoms with Crippen molar-refractivity contribution in [3.05, 3.63) is 23.8 Å². The van der Waals surface area contributed by atoms with Crippen molar-refractivity contribution in [3.8, 4) is 0 Å². The Morgan fingerprint density at radius 2 is 1.96 bits per heavy atom. The van der Waals surface area contributed by atoms with Gasteiger partial charge in [-0.3, -0.25) is 4.79 Å². The maximum Gasteiger partial charge on any atom is 0.155 e. The fraction of sp³-hybridized carbons (Fsp3) is 0.792. The topological polar surface area (TPSA) is 37.3 Å². The Morgan fingerprint density at radius 1 is 1.19 bits per heavy atom. The fourth-order valence-corrected chi connectivity index (χ4v) is 7.95. The number of hydrogen-bond acceptors (Lipinski definition) is 2. The summed E-state index contributed by atoms with van der Waals surface area (Å²) >= 11 is 0. The molecule has 0 aromatic heterocycles. The van der Waals surface area contributed by atoms with Crippen molar-refractivity contribution in [3.63, 3.8) is 0 Å². The van der Waals surface area contributed by atoms with Gasteiger partial charge < -0.3 is 5.11 Å². The van der Waals surface area contributed by atoms with Gasteiger partial charge in [0, 0.05) is 6.42 Å². The van der Waals surface area contributed by atoms with Gasteiger partial charge in [-0.2, -0.15) is 0 Å². The normalized spacial score (nSPS) is 49.3. The number of allylic oxidation sites excluding steroid dienone is 2. The summed E-state index contributed by atoms with van der Waals surface area (Å²) in [4.78, 5) is 12.0. The molecule has 0 aromatic rings. The molecule has 3 saturated carbocycles. The molecule has 0 amide bonds. The van der Waals surface area contributed by atoms with Crippen molar-refractivity contribution in [2.45, 2.75) is 78.7 Å². The summed E-state index contributed by atoms with van der Waals surface area (Å²) < 4.78 is 0. The second-order valence-electron chi connectivity index (χ2n) is 10.2. The largest absolute Gasteiger partial charge is 0.389 e. The number of ketones is 1. The van der Waals surface area contributed by atoms with E-state index in [1.807, 2.05) is 6.08 Å². The van der Waals surface area contributed by atoms with Gasteiger partial charge >= 0.3 is 0 Å². The molecule has 1 N–H and O–H groups in total. The zero-order valence-electron chi connectivity index (χ0n) is 17.0. The molecule has 4 rings (SSSR count). The maximum atomic E-state index is 12.0. The zero-order valence-corrected chi connectivity index (χ0v) is 17.0. The van der Waals surface area contributed by atoms with Gasteiger partial charge in [-0.1, -0.05) is 32.9 Å². The van der Waals surface area contributed by atoms with Gasteiger partial charge in [0.05, 0.1) is 6.10 Å². The fourth-order valence-electron chi connectivity index (χ4n) is 7.95. The van der Waals surface area contributed by atoms with Crippen molar-refractivity contribution >= 4 is 5.78 Å². The molecule has 2 heteroatoms. The van der Waals surface area contributed by atoms with Crippen molar-refractivity contribution in [2.24, 2.45) is 40.4 Å². The molecule has 3 fully saturated rings. The minimum absolute atomic E-state index is 0.0462. The van der Waals surface area contributed by atoms with Crippen molar-refractivity contribution in [2.75, 3.05) is 0 Å². The first-order chi connectivity index (χ1) is 12.3. The summed E-state index contributed by atoms with van der Waals surface area (Å²) in [5.41, 5.74) is 1.53. The van der Waals surface area contributed by atoms with E-state index in [0.29, 0.717) is 29.6 Å². The summed E-state index contributed by atoms with van der Waals surface area (Å²) in [5, 5.41) is 11.0. The summed E-state index contributed by atoms with van der Waals surface area (Å²) in [7, 11) is 0. The van der Waals surface area contributed by atoms with Crippen LogP contribution in [0.25, 0.3) is 0 Å². The molecule has 0 aromatic carbocycles. The van der Waals surface area contributed by atoms with E-state index in [-0.39, 0.29) is 11.2 Å². The first-order valence-electron chi connectivity index (χ1n) is 10.9. The van der Waals surface area contributed by atoms with Crippen LogP contribution in [0.15, 0.2) is 23.8 Å². The summed E-state index contributed by atoms with van der Waals surface area (Å²) in [6.07, 6.45) is 13.8. The summed E-state index contributed by atoms with van der Waals surface area (Å²) in [6.45, 7) is 9.44. The lowest BCUT2D eigenvalue weighted by Crippen LogP contribution is -2.54. The zero-order chi connectivity index (χ0) is 18.7. The third-order valence-corrected chi connectivity index (χ3v) is 9.18. The number of hydrogen-bond donors (Lipinski definition) is 1. The molecule has 0 radical (unpaired) electrons. The molecule has 4 aliphatic rings. The van der Waals surface area contributed by atoms with E-state index >= 15 is 0 Å². The lowest BCUT2D eigenvalue weighted by atomic mass is 9.46. The molecule has 26 heavy (non-hydrogen) atoms. The Morgan fingerprint density at radius 3 is 2.69 bits per heavy atom. The molecule has 8 unspecified atom stereocenters. The molecule has 0 bridgehead atoms. The van der Waals surface area contributed by atoms with E-state index in [1.54, 1.807) is 0 Å². The van der Waals surface area contributed by atoms with Crippen molar-refractivity contribution < 1.29 is 9.90 Å². The van der Waals surface area contributed by atoms with E-state index in [4.69, 9.17) is 0 Å². The smallest absolute Gasteiger partial charge is 0.155 e. The number of carbonyl (C=O) groups excluding carboxylic acids is 1. The van der Waals surface area contributed by atoms with E-state index in [2.05, 4.69) is 39.8 Å². The van der Waals surface area contributed by atoms with Gasteiger partial charge in [-0.15, -0.1) is 0 Å². The quantitative estimate of drug-likeness (QED) is 0.680. The highest BCUT2D eigenvalue weighted by molar-refractivity contribution is 5.91. The lowest BCUT2D eigenvalue weighted by molar-refractivity contribution is -0.119. The summed E-state index contributed by atoms with van der Waals surface area (Å²) in [5.74, 6) is 3.67. The molecule has 2 nitrogen and oxygen atoms in total. The number of rotatable bonds is 2. The van der Waals surface area contributed by atoms with Gasteiger partial charge in [0.2, 0.25) is 0 Å². The number of carbonyl (C=O) groups is 1. The molecule has 4 aliphatic carbocycles. The van der Waals surface area contributed by atoms with Crippen LogP contribution in [0.4, 0.5) is 0 Å². The Bertz CT molecular complexity index is 647. The minimum atomic E-state index is -0.403. The predicted octanol–water partition coefficient (Wildman–Crippen LogP) is 5.32. The highest BCUT2D eigenvalue weighted by atomic mass is 16.3. The highest BCUT2D eigenvalue weighted by Gasteiger charge is 2.60. The third-order valence-electron chi connectivity index (χ3n) is 9.18. The van der Waals surface area contributed by atoms with Crippen LogP contribution in [0.3, 0.4) is 0 Å². The van der Waals surface area contributed by atoms with Crippen LogP contribution in [0.2, 0.25) is 0 Å². The van der Waals surface area contributed by atoms with Crippen LogP contribution in [-0.4, -0.2) is 17.0 Å². The first kappa shape index (κ1) is 18.5. The average molecular weight is 357 g/mol. The number of aliphatic hydroxyl groups excluding tert-OH is 1. The molecular weight excluding hydrogens is 320 g/mol. The van der Waals surface area contributed by atoms with Crippen molar-refractivity contribution in [1.82, 2.24) is 0 Å². The minimum Gasteiger partial charge on any atom is -0.389 e. The van der Waals surface area contributed by atoms with E-state index in [0.717, 1.165) is 30.3 Å². The van der Waals surface area contributed by atoms with Gasteiger partial charge in [0.25, 0.3) is 0 Å². The second-order valence-corrected chi connectivity index (χ2v) is 10.2. The molecule has 8 atom stereocenters. The van der Waals surface area contributed by atoms with E-state index in [1.165, 1.54) is 25.7 Å². The van der Waals surface area contributed by atoms with E-state index in [9.17, 15) is 9.90 Å². The van der Waals surface area contributed by atoms with Gasteiger partial charge in [0.15, 0.2) is 5.78 Å². The Balaban J connectivity index is 1.66. The van der Waals surface area contributed by atoms with Crippen molar-refractivity contribution in [1.29, 1.82) is 0 Å². The molecule has 0 heterocycles. The molecule has 0 aliphatic heterocycles.